The van der Waals surface area contributed by atoms with Crippen LogP contribution in [0, 0.1) is 5.95 Å². The van der Waals surface area contributed by atoms with Gasteiger partial charge in [0.2, 0.25) is 11.9 Å². The summed E-state index contributed by atoms with van der Waals surface area (Å²) in [7, 11) is 0. The van der Waals surface area contributed by atoms with E-state index in [1.165, 1.54) is 0 Å². The molecule has 0 amide bonds. The third kappa shape index (κ3) is 1.77. The smallest absolute Gasteiger partial charge is 0.237 e. The molecule has 2 rings (SSSR count). The van der Waals surface area contributed by atoms with Gasteiger partial charge in [-0.15, -0.1) is 0 Å². The summed E-state index contributed by atoms with van der Waals surface area (Å²) < 4.78 is 13.3. The van der Waals surface area contributed by atoms with Gasteiger partial charge in [-0.25, -0.2) is 4.98 Å². The molecule has 82 valence electrons. The molecule has 6 heteroatoms. The molecule has 0 unspecified atom stereocenters. The first-order chi connectivity index (χ1) is 7.59. The number of rotatable bonds is 1. The van der Waals surface area contributed by atoms with Crippen LogP contribution in [0.15, 0.2) is 24.3 Å². The summed E-state index contributed by atoms with van der Waals surface area (Å²) in [5.74, 6) is -1.03. The zero-order chi connectivity index (χ0) is 11.7. The second-order valence-electron chi connectivity index (χ2n) is 3.12. The topological polar surface area (TPSA) is 77.8 Å². The highest BCUT2D eigenvalue weighted by atomic mass is 35.5. The molecule has 0 saturated heterocycles. The van der Waals surface area contributed by atoms with Gasteiger partial charge in [-0.2, -0.15) is 9.37 Å². The van der Waals surface area contributed by atoms with Gasteiger partial charge in [0.15, 0.2) is 0 Å². The van der Waals surface area contributed by atoms with E-state index in [-0.39, 0.29) is 16.7 Å². The first-order valence-electron chi connectivity index (χ1n) is 4.43. The summed E-state index contributed by atoms with van der Waals surface area (Å²) in [5, 5.41) is -0.188. The van der Waals surface area contributed by atoms with E-state index >= 15 is 0 Å². The minimum Gasteiger partial charge on any atom is -0.398 e. The average Bonchev–Trinajstić information content (AvgIpc) is 2.24. The van der Waals surface area contributed by atoms with E-state index < -0.39 is 5.95 Å². The first kappa shape index (κ1) is 10.6. The van der Waals surface area contributed by atoms with Crippen LogP contribution < -0.4 is 11.5 Å². The van der Waals surface area contributed by atoms with Crippen molar-refractivity contribution in [1.82, 2.24) is 9.97 Å². The summed E-state index contributed by atoms with van der Waals surface area (Å²) in [4.78, 5) is 7.20. The number of aromatic nitrogens is 2. The van der Waals surface area contributed by atoms with E-state index in [0.717, 1.165) is 0 Å². The second kappa shape index (κ2) is 3.94. The second-order valence-corrected chi connectivity index (χ2v) is 3.50. The van der Waals surface area contributed by atoms with Gasteiger partial charge < -0.3 is 11.5 Å². The van der Waals surface area contributed by atoms with Crippen LogP contribution in [0.5, 0.6) is 0 Å². The van der Waals surface area contributed by atoms with Crippen LogP contribution in [0.4, 0.5) is 16.0 Å². The summed E-state index contributed by atoms with van der Waals surface area (Å²) >= 11 is 5.76. The van der Waals surface area contributed by atoms with E-state index in [4.69, 9.17) is 23.1 Å². The number of hydrogen-bond donors (Lipinski definition) is 2. The molecular weight excluding hydrogens is 231 g/mol. The highest BCUT2D eigenvalue weighted by molar-refractivity contribution is 6.33. The molecule has 0 saturated carbocycles. The van der Waals surface area contributed by atoms with Gasteiger partial charge in [-0.05, 0) is 6.07 Å². The molecule has 0 spiro atoms. The molecule has 16 heavy (non-hydrogen) atoms. The molecule has 2 aromatic rings. The van der Waals surface area contributed by atoms with E-state index in [2.05, 4.69) is 9.97 Å². The van der Waals surface area contributed by atoms with Crippen LogP contribution in [0.25, 0.3) is 11.3 Å². The Kier molecular flexibility index (Phi) is 2.62. The lowest BCUT2D eigenvalue weighted by molar-refractivity contribution is 0.583. The molecule has 4 N–H and O–H groups in total. The average molecular weight is 239 g/mol. The largest absolute Gasteiger partial charge is 0.398 e. The third-order valence-electron chi connectivity index (χ3n) is 2.04. The Balaban J connectivity index is 2.69. The Labute approximate surface area is 96.1 Å². The van der Waals surface area contributed by atoms with Gasteiger partial charge in [-0.1, -0.05) is 29.8 Å². The Bertz CT molecular complexity index is 544. The zero-order valence-electron chi connectivity index (χ0n) is 8.11. The van der Waals surface area contributed by atoms with Crippen molar-refractivity contribution in [2.75, 3.05) is 11.5 Å². The summed E-state index contributed by atoms with van der Waals surface area (Å²) in [5.41, 5.74) is 12.3. The highest BCUT2D eigenvalue weighted by Crippen LogP contribution is 2.31. The molecule has 0 atom stereocenters. The Morgan fingerprint density at radius 3 is 2.50 bits per heavy atom. The molecule has 1 heterocycles. The zero-order valence-corrected chi connectivity index (χ0v) is 8.87. The Morgan fingerprint density at radius 2 is 1.81 bits per heavy atom. The monoisotopic (exact) mass is 238 g/mol. The molecule has 1 aromatic carbocycles. The number of benzene rings is 1. The molecular formula is C10H8ClFN4. The van der Waals surface area contributed by atoms with Crippen molar-refractivity contribution in [3.8, 4) is 11.3 Å². The fraction of sp³-hybridized carbons (Fsp3) is 0. The number of anilines is 2. The SMILES string of the molecule is Nc1nc(F)c(Cl)c(-c2ccccc2N)n1. The fourth-order valence-electron chi connectivity index (χ4n) is 1.33. The summed E-state index contributed by atoms with van der Waals surface area (Å²) in [6, 6.07) is 6.86. The van der Waals surface area contributed by atoms with Crippen LogP contribution in [-0.2, 0) is 0 Å². The van der Waals surface area contributed by atoms with E-state index in [9.17, 15) is 4.39 Å². The van der Waals surface area contributed by atoms with E-state index in [1.807, 2.05) is 0 Å². The molecule has 1 aromatic heterocycles. The van der Waals surface area contributed by atoms with Gasteiger partial charge in [0.25, 0.3) is 0 Å². The minimum absolute atomic E-state index is 0.180. The number of hydrogen-bond acceptors (Lipinski definition) is 4. The van der Waals surface area contributed by atoms with Crippen LogP contribution in [-0.4, -0.2) is 9.97 Å². The van der Waals surface area contributed by atoms with Gasteiger partial charge in [-0.3, -0.25) is 0 Å². The molecule has 0 aliphatic heterocycles. The van der Waals surface area contributed by atoms with Gasteiger partial charge in [0.1, 0.15) is 5.02 Å². The van der Waals surface area contributed by atoms with Crippen molar-refractivity contribution in [3.63, 3.8) is 0 Å². The van der Waals surface area contributed by atoms with Crippen molar-refractivity contribution in [2.24, 2.45) is 0 Å². The van der Waals surface area contributed by atoms with Crippen molar-refractivity contribution >= 4 is 23.2 Å². The van der Waals surface area contributed by atoms with Crippen LogP contribution in [0.3, 0.4) is 0 Å². The molecule has 0 fully saturated rings. The standard InChI is InChI=1S/C10H8ClFN4/c11-7-8(15-10(14)16-9(7)12)5-3-1-2-4-6(5)13/h1-4H,13H2,(H2,14,15,16). The van der Waals surface area contributed by atoms with E-state index in [1.54, 1.807) is 24.3 Å². The van der Waals surface area contributed by atoms with Crippen molar-refractivity contribution < 1.29 is 4.39 Å². The van der Waals surface area contributed by atoms with Crippen LogP contribution in [0.1, 0.15) is 0 Å². The molecule has 0 bridgehead atoms. The molecule has 4 nitrogen and oxygen atoms in total. The minimum atomic E-state index is -0.854. The lowest BCUT2D eigenvalue weighted by atomic mass is 10.1. The third-order valence-corrected chi connectivity index (χ3v) is 2.38. The lowest BCUT2D eigenvalue weighted by Crippen LogP contribution is -2.02. The number of nitrogen functional groups attached to an aromatic ring is 2. The summed E-state index contributed by atoms with van der Waals surface area (Å²) in [6.45, 7) is 0. The molecule has 0 radical (unpaired) electrons. The molecule has 0 aliphatic rings. The number of nitrogens with two attached hydrogens (primary N) is 2. The van der Waals surface area contributed by atoms with Crippen molar-refractivity contribution in [2.45, 2.75) is 0 Å². The van der Waals surface area contributed by atoms with Crippen molar-refractivity contribution in [1.29, 1.82) is 0 Å². The number of para-hydroxylation sites is 1. The normalized spacial score (nSPS) is 10.4. The quantitative estimate of drug-likeness (QED) is 0.589. The Hall–Kier alpha value is -1.88. The van der Waals surface area contributed by atoms with Gasteiger partial charge >= 0.3 is 0 Å². The number of nitrogens with zero attached hydrogens (tertiary/aromatic N) is 2. The van der Waals surface area contributed by atoms with Crippen LogP contribution in [0.2, 0.25) is 5.02 Å². The van der Waals surface area contributed by atoms with Crippen LogP contribution >= 0.6 is 11.6 Å². The van der Waals surface area contributed by atoms with Gasteiger partial charge in [0.05, 0.1) is 5.69 Å². The fourth-order valence-corrected chi connectivity index (χ4v) is 1.51. The predicted octanol–water partition coefficient (Wildman–Crippen LogP) is 2.10. The van der Waals surface area contributed by atoms with E-state index in [0.29, 0.717) is 11.3 Å². The highest BCUT2D eigenvalue weighted by Gasteiger charge is 2.14. The first-order valence-corrected chi connectivity index (χ1v) is 4.81. The predicted molar refractivity (Wildman–Crippen MR) is 61.3 cm³/mol. The maximum Gasteiger partial charge on any atom is 0.237 e. The molecule has 0 aliphatic carbocycles. The lowest BCUT2D eigenvalue weighted by Gasteiger charge is -2.07. The van der Waals surface area contributed by atoms with Crippen molar-refractivity contribution in [3.05, 3.63) is 35.2 Å². The summed E-state index contributed by atoms with van der Waals surface area (Å²) in [6.07, 6.45) is 0. The Morgan fingerprint density at radius 1 is 1.12 bits per heavy atom. The maximum atomic E-state index is 13.3. The van der Waals surface area contributed by atoms with Gasteiger partial charge in [0, 0.05) is 11.3 Å². The maximum absolute atomic E-state index is 13.3. The number of halogens is 2.